The Bertz CT molecular complexity index is 649. The van der Waals surface area contributed by atoms with Crippen LogP contribution in [0.4, 0.5) is 0 Å². The Morgan fingerprint density at radius 3 is 2.62 bits per heavy atom. The van der Waals surface area contributed by atoms with E-state index in [-0.39, 0.29) is 24.2 Å². The third-order valence-corrected chi connectivity index (χ3v) is 4.55. The van der Waals surface area contributed by atoms with E-state index in [9.17, 15) is 9.59 Å². The Labute approximate surface area is 155 Å². The fraction of sp³-hybridized carbons (Fsp3) is 0.500. The van der Waals surface area contributed by atoms with Crippen LogP contribution in [0.1, 0.15) is 25.3 Å². The molecule has 0 aromatic heterocycles. The summed E-state index contributed by atoms with van der Waals surface area (Å²) in [6.07, 6.45) is 5.35. The molecule has 0 unspecified atom stereocenters. The number of carbonyl (C=O) groups excluding carboxylic acids is 2. The van der Waals surface area contributed by atoms with Gasteiger partial charge in [0.15, 0.2) is 18.1 Å². The molecule has 1 saturated heterocycles. The van der Waals surface area contributed by atoms with E-state index in [0.717, 1.165) is 5.56 Å². The molecule has 1 aliphatic rings. The zero-order chi connectivity index (χ0) is 18.9. The maximum atomic E-state index is 12.4. The highest BCUT2D eigenvalue weighted by Crippen LogP contribution is 2.28. The summed E-state index contributed by atoms with van der Waals surface area (Å²) in [6, 6.07) is 5.60. The Balaban J connectivity index is 1.87. The van der Waals surface area contributed by atoms with Crippen LogP contribution >= 0.6 is 0 Å². The van der Waals surface area contributed by atoms with E-state index in [1.165, 1.54) is 0 Å². The molecule has 0 aliphatic carbocycles. The van der Waals surface area contributed by atoms with Crippen molar-refractivity contribution in [3.8, 4) is 11.5 Å². The van der Waals surface area contributed by atoms with Gasteiger partial charge in [-0.1, -0.05) is 18.2 Å². The molecule has 2 rings (SSSR count). The average molecular weight is 360 g/mol. The minimum absolute atomic E-state index is 0.0333. The molecule has 1 heterocycles. The van der Waals surface area contributed by atoms with Gasteiger partial charge in [-0.3, -0.25) is 9.59 Å². The quantitative estimate of drug-likeness (QED) is 0.769. The van der Waals surface area contributed by atoms with Gasteiger partial charge < -0.3 is 19.7 Å². The number of likely N-dealkylation sites (tertiary alicyclic amines) is 1. The number of methoxy groups -OCH3 is 1. The van der Waals surface area contributed by atoms with Crippen LogP contribution in [0.25, 0.3) is 6.08 Å². The van der Waals surface area contributed by atoms with Gasteiger partial charge in [0.2, 0.25) is 0 Å². The van der Waals surface area contributed by atoms with Crippen molar-refractivity contribution in [2.45, 2.75) is 19.8 Å². The second-order valence-corrected chi connectivity index (χ2v) is 6.35. The predicted octanol–water partition coefficient (Wildman–Crippen LogP) is 2.13. The Morgan fingerprint density at radius 1 is 1.27 bits per heavy atom. The normalized spacial score (nSPS) is 15.3. The fourth-order valence-corrected chi connectivity index (χ4v) is 3.10. The van der Waals surface area contributed by atoms with Gasteiger partial charge >= 0.3 is 0 Å². The third-order valence-electron chi connectivity index (χ3n) is 4.55. The van der Waals surface area contributed by atoms with Crippen LogP contribution in [-0.4, -0.2) is 57.0 Å². The van der Waals surface area contributed by atoms with E-state index in [2.05, 4.69) is 5.32 Å². The van der Waals surface area contributed by atoms with Crippen LogP contribution in [0.15, 0.2) is 24.3 Å². The molecule has 0 spiro atoms. The van der Waals surface area contributed by atoms with Crippen molar-refractivity contribution in [3.05, 3.63) is 29.8 Å². The number of piperidine rings is 1. The number of benzene rings is 1. The number of allylic oxidation sites excluding steroid dienone is 1. The predicted molar refractivity (Wildman–Crippen MR) is 101 cm³/mol. The van der Waals surface area contributed by atoms with Gasteiger partial charge in [-0.15, -0.1) is 0 Å². The summed E-state index contributed by atoms with van der Waals surface area (Å²) in [5, 5.41) is 2.89. The number of nitrogens with one attached hydrogen (secondary N) is 1. The minimum Gasteiger partial charge on any atom is -0.493 e. The Morgan fingerprint density at radius 2 is 2.00 bits per heavy atom. The number of ketones is 1. The molecule has 1 fully saturated rings. The molecule has 1 aliphatic heterocycles. The lowest BCUT2D eigenvalue weighted by atomic mass is 9.92. The number of carbonyl (C=O) groups is 2. The topological polar surface area (TPSA) is 67.9 Å². The van der Waals surface area contributed by atoms with Crippen molar-refractivity contribution in [2.24, 2.45) is 5.92 Å². The number of rotatable bonds is 8. The van der Waals surface area contributed by atoms with E-state index >= 15 is 0 Å². The smallest absolute Gasteiger partial charge is 0.260 e. The van der Waals surface area contributed by atoms with E-state index in [1.807, 2.05) is 37.3 Å². The number of hydrogen-bond donors (Lipinski definition) is 1. The molecular formula is C20H28N2O4. The lowest BCUT2D eigenvalue weighted by molar-refractivity contribution is -0.136. The van der Waals surface area contributed by atoms with Crippen molar-refractivity contribution in [3.63, 3.8) is 0 Å². The molecule has 142 valence electrons. The van der Waals surface area contributed by atoms with E-state index in [1.54, 1.807) is 19.1 Å². The van der Waals surface area contributed by atoms with Gasteiger partial charge in [-0.2, -0.15) is 0 Å². The summed E-state index contributed by atoms with van der Waals surface area (Å²) >= 11 is 0. The van der Waals surface area contributed by atoms with Gasteiger partial charge in [0.25, 0.3) is 5.91 Å². The van der Waals surface area contributed by atoms with Crippen molar-refractivity contribution in [1.29, 1.82) is 0 Å². The summed E-state index contributed by atoms with van der Waals surface area (Å²) in [4.78, 5) is 26.1. The molecule has 6 nitrogen and oxygen atoms in total. The summed E-state index contributed by atoms with van der Waals surface area (Å²) in [5.74, 6) is 1.36. The maximum absolute atomic E-state index is 12.4. The lowest BCUT2D eigenvalue weighted by Gasteiger charge is -2.31. The van der Waals surface area contributed by atoms with Gasteiger partial charge in [0.1, 0.15) is 5.78 Å². The van der Waals surface area contributed by atoms with E-state index in [0.29, 0.717) is 44.0 Å². The molecule has 1 aromatic carbocycles. The first-order chi connectivity index (χ1) is 12.6. The van der Waals surface area contributed by atoms with Crippen LogP contribution in [0.5, 0.6) is 11.5 Å². The highest BCUT2D eigenvalue weighted by atomic mass is 16.5. The van der Waals surface area contributed by atoms with Gasteiger partial charge in [-0.25, -0.2) is 0 Å². The number of Topliss-reactive ketones (excluding diaryl/α,β-unsaturated/α-hetero) is 1. The molecule has 0 atom stereocenters. The van der Waals surface area contributed by atoms with E-state index in [4.69, 9.17) is 9.47 Å². The number of ether oxygens (including phenoxy) is 2. The molecule has 0 bridgehead atoms. The average Bonchev–Trinajstić information content (AvgIpc) is 2.67. The van der Waals surface area contributed by atoms with Gasteiger partial charge in [-0.05, 0) is 44.5 Å². The number of hydrogen-bond acceptors (Lipinski definition) is 5. The molecule has 26 heavy (non-hydrogen) atoms. The van der Waals surface area contributed by atoms with E-state index < -0.39 is 0 Å². The van der Waals surface area contributed by atoms with Crippen molar-refractivity contribution >= 4 is 17.8 Å². The number of likely N-dealkylation sites (N-methyl/N-ethyl adjacent to an activating group) is 1. The lowest BCUT2D eigenvalue weighted by Crippen LogP contribution is -2.43. The monoisotopic (exact) mass is 360 g/mol. The van der Waals surface area contributed by atoms with Crippen LogP contribution < -0.4 is 14.8 Å². The van der Waals surface area contributed by atoms with Crippen molar-refractivity contribution in [1.82, 2.24) is 10.2 Å². The SMILES string of the molecule is C/C=C/c1ccc(OCC(=O)N2CCC(C(=O)CNC)CC2)c(OC)c1. The standard InChI is InChI=1S/C20H28N2O4/c1-4-5-15-6-7-18(19(12-15)25-3)26-14-20(24)22-10-8-16(9-11-22)17(23)13-21-2/h4-7,12,16,21H,8-11,13-14H2,1-3H3/b5-4+. The molecule has 6 heteroatoms. The zero-order valence-corrected chi connectivity index (χ0v) is 15.8. The fourth-order valence-electron chi connectivity index (χ4n) is 3.10. The maximum Gasteiger partial charge on any atom is 0.260 e. The van der Waals surface area contributed by atoms with Crippen LogP contribution in [-0.2, 0) is 9.59 Å². The van der Waals surface area contributed by atoms with Gasteiger partial charge in [0, 0.05) is 19.0 Å². The third kappa shape index (κ3) is 5.33. The second kappa shape index (κ2) is 9.97. The van der Waals surface area contributed by atoms with Crippen LogP contribution in [0.2, 0.25) is 0 Å². The zero-order valence-electron chi connectivity index (χ0n) is 15.8. The van der Waals surface area contributed by atoms with Crippen LogP contribution in [0.3, 0.4) is 0 Å². The molecule has 0 radical (unpaired) electrons. The molecule has 1 N–H and O–H groups in total. The Kier molecular flexibility index (Phi) is 7.66. The number of amides is 1. The van der Waals surface area contributed by atoms with Crippen molar-refractivity contribution < 1.29 is 19.1 Å². The molecule has 1 aromatic rings. The minimum atomic E-state index is -0.0656. The summed E-state index contributed by atoms with van der Waals surface area (Å²) in [6.45, 7) is 3.50. The summed E-state index contributed by atoms with van der Waals surface area (Å²) in [5.41, 5.74) is 1.01. The second-order valence-electron chi connectivity index (χ2n) is 6.35. The highest BCUT2D eigenvalue weighted by Gasteiger charge is 2.27. The van der Waals surface area contributed by atoms with Gasteiger partial charge in [0.05, 0.1) is 13.7 Å². The molecular weight excluding hydrogens is 332 g/mol. The number of nitrogens with zero attached hydrogens (tertiary/aromatic N) is 1. The summed E-state index contributed by atoms with van der Waals surface area (Å²) < 4.78 is 11.0. The van der Waals surface area contributed by atoms with Crippen LogP contribution in [0, 0.1) is 5.92 Å². The Hall–Kier alpha value is -2.34. The van der Waals surface area contributed by atoms with Crippen molar-refractivity contribution in [2.75, 3.05) is 40.4 Å². The first kappa shape index (κ1) is 20.0. The summed E-state index contributed by atoms with van der Waals surface area (Å²) in [7, 11) is 3.35. The first-order valence-electron chi connectivity index (χ1n) is 8.97. The molecule has 0 saturated carbocycles. The first-order valence-corrected chi connectivity index (χ1v) is 8.97. The largest absolute Gasteiger partial charge is 0.493 e. The highest BCUT2D eigenvalue weighted by molar-refractivity contribution is 5.83. The molecule has 1 amide bonds.